The van der Waals surface area contributed by atoms with Crippen LogP contribution in [0.15, 0.2) is 24.3 Å². The first-order valence-corrected chi connectivity index (χ1v) is 6.63. The third kappa shape index (κ3) is 6.33. The molecule has 0 amide bonds. The van der Waals surface area contributed by atoms with Gasteiger partial charge in [-0.3, -0.25) is 0 Å². The van der Waals surface area contributed by atoms with Gasteiger partial charge in [-0.2, -0.15) is 0 Å². The van der Waals surface area contributed by atoms with Gasteiger partial charge < -0.3 is 14.2 Å². The lowest BCUT2D eigenvalue weighted by molar-refractivity contribution is -0.152. The number of benzene rings is 1. The minimum Gasteiger partial charge on any atom is -0.464 e. The summed E-state index contributed by atoms with van der Waals surface area (Å²) in [5, 5.41) is 0. The Morgan fingerprint density at radius 3 is 2.50 bits per heavy atom. The topological polar surface area (TPSA) is 61.8 Å². The normalized spacial score (nSPS) is 10.1. The Hall–Kier alpha value is -1.88. The van der Waals surface area contributed by atoms with Crippen LogP contribution in [0.4, 0.5) is 0 Å². The second-order valence-corrected chi connectivity index (χ2v) is 4.31. The quantitative estimate of drug-likeness (QED) is 0.415. The van der Waals surface area contributed by atoms with Crippen LogP contribution in [-0.2, 0) is 19.1 Å². The van der Waals surface area contributed by atoms with E-state index in [1.807, 2.05) is 26.0 Å². The van der Waals surface area contributed by atoms with Crippen LogP contribution >= 0.6 is 0 Å². The number of hydrogen-bond acceptors (Lipinski definition) is 5. The van der Waals surface area contributed by atoms with E-state index in [0.717, 1.165) is 18.4 Å². The maximum Gasteiger partial charge on any atom is 0.337 e. The van der Waals surface area contributed by atoms with E-state index in [-0.39, 0.29) is 13.2 Å². The van der Waals surface area contributed by atoms with Crippen LogP contribution in [0.2, 0.25) is 0 Å². The first-order chi connectivity index (χ1) is 9.63. The van der Waals surface area contributed by atoms with Gasteiger partial charge in [0.15, 0.2) is 0 Å². The van der Waals surface area contributed by atoms with Gasteiger partial charge in [-0.15, -0.1) is 0 Å². The Morgan fingerprint density at radius 2 is 1.80 bits per heavy atom. The molecule has 110 valence electrons. The molecule has 0 heterocycles. The van der Waals surface area contributed by atoms with E-state index in [0.29, 0.717) is 12.4 Å². The van der Waals surface area contributed by atoms with Crippen LogP contribution in [0.1, 0.15) is 25.3 Å². The highest BCUT2D eigenvalue weighted by molar-refractivity contribution is 5.75. The first kappa shape index (κ1) is 16.2. The largest absolute Gasteiger partial charge is 0.464 e. The van der Waals surface area contributed by atoms with E-state index in [2.05, 4.69) is 0 Å². The molecule has 0 N–H and O–H groups in total. The Bertz CT molecular complexity index is 442. The van der Waals surface area contributed by atoms with Crippen LogP contribution in [0.3, 0.4) is 0 Å². The maximum atomic E-state index is 11.5. The van der Waals surface area contributed by atoms with Crippen molar-refractivity contribution >= 4 is 11.9 Å². The first-order valence-electron chi connectivity index (χ1n) is 6.63. The molecule has 0 spiro atoms. The second-order valence-electron chi connectivity index (χ2n) is 4.31. The van der Waals surface area contributed by atoms with Gasteiger partial charge >= 0.3 is 11.9 Å². The molecule has 1 rings (SSSR count). The van der Waals surface area contributed by atoms with Gasteiger partial charge in [0.1, 0.15) is 19.0 Å². The van der Waals surface area contributed by atoms with Crippen LogP contribution in [0.25, 0.3) is 0 Å². The molecule has 5 nitrogen and oxygen atoms in total. The molecule has 5 heteroatoms. The van der Waals surface area contributed by atoms with Crippen LogP contribution in [0, 0.1) is 6.92 Å². The summed E-state index contributed by atoms with van der Waals surface area (Å²) in [7, 11) is 0. The molecule has 20 heavy (non-hydrogen) atoms. The van der Waals surface area contributed by atoms with Crippen molar-refractivity contribution in [3.8, 4) is 5.75 Å². The zero-order valence-electron chi connectivity index (χ0n) is 11.9. The molecule has 0 unspecified atom stereocenters. The Kier molecular flexibility index (Phi) is 7.35. The molecule has 0 aliphatic rings. The average molecular weight is 280 g/mol. The summed E-state index contributed by atoms with van der Waals surface area (Å²) in [5.74, 6) is -0.519. The summed E-state index contributed by atoms with van der Waals surface area (Å²) in [4.78, 5) is 22.7. The highest BCUT2D eigenvalue weighted by Gasteiger charge is 2.09. The SMILES string of the molecule is CCCCOC(=O)COCC(=O)Oc1ccccc1C. The standard InChI is InChI=1S/C15H20O5/c1-3-4-9-19-14(16)10-18-11-15(17)20-13-8-6-5-7-12(13)2/h5-8H,3-4,9-11H2,1-2H3. The zero-order chi connectivity index (χ0) is 14.8. The molecule has 0 bridgehead atoms. The average Bonchev–Trinajstić information content (AvgIpc) is 2.42. The molecule has 0 saturated carbocycles. The van der Waals surface area contributed by atoms with Gasteiger partial charge in [0.25, 0.3) is 0 Å². The van der Waals surface area contributed by atoms with Gasteiger partial charge in [0, 0.05) is 0 Å². The number of carbonyl (C=O) groups excluding carboxylic acids is 2. The minimum atomic E-state index is -0.541. The number of unbranched alkanes of at least 4 members (excludes halogenated alkanes) is 1. The van der Waals surface area contributed by atoms with E-state index in [1.54, 1.807) is 12.1 Å². The molecule has 0 atom stereocenters. The second kappa shape index (κ2) is 9.09. The third-order valence-electron chi connectivity index (χ3n) is 2.52. The molecule has 0 aliphatic carbocycles. The van der Waals surface area contributed by atoms with Crippen LogP contribution in [0.5, 0.6) is 5.75 Å². The summed E-state index contributed by atoms with van der Waals surface area (Å²) in [6.45, 7) is 3.70. The molecule has 0 radical (unpaired) electrons. The summed E-state index contributed by atoms with van der Waals surface area (Å²) in [6, 6.07) is 7.18. The third-order valence-corrected chi connectivity index (χ3v) is 2.52. The molecule has 0 aliphatic heterocycles. The lowest BCUT2D eigenvalue weighted by Crippen LogP contribution is -2.20. The number of rotatable bonds is 8. The highest BCUT2D eigenvalue weighted by atomic mass is 16.6. The fourth-order valence-electron chi connectivity index (χ4n) is 1.41. The molecule has 1 aromatic carbocycles. The van der Waals surface area contributed by atoms with Crippen molar-refractivity contribution in [1.29, 1.82) is 0 Å². The molecular formula is C15H20O5. The molecule has 1 aromatic rings. The minimum absolute atomic E-state index is 0.243. The number of para-hydroxylation sites is 1. The molecule has 0 aromatic heterocycles. The van der Waals surface area contributed by atoms with Gasteiger partial charge in [-0.25, -0.2) is 9.59 Å². The van der Waals surface area contributed by atoms with E-state index < -0.39 is 11.9 Å². The molecule has 0 saturated heterocycles. The van der Waals surface area contributed by atoms with E-state index in [9.17, 15) is 9.59 Å². The van der Waals surface area contributed by atoms with Crippen molar-refractivity contribution in [2.45, 2.75) is 26.7 Å². The number of hydrogen-bond donors (Lipinski definition) is 0. The van der Waals surface area contributed by atoms with Gasteiger partial charge in [0.05, 0.1) is 6.61 Å². The number of ether oxygens (including phenoxy) is 3. The van der Waals surface area contributed by atoms with Crippen molar-refractivity contribution in [3.05, 3.63) is 29.8 Å². The van der Waals surface area contributed by atoms with Crippen molar-refractivity contribution in [1.82, 2.24) is 0 Å². The zero-order valence-corrected chi connectivity index (χ0v) is 11.9. The monoisotopic (exact) mass is 280 g/mol. The molecule has 0 fully saturated rings. The Balaban J connectivity index is 2.20. The van der Waals surface area contributed by atoms with Crippen molar-refractivity contribution in [2.75, 3.05) is 19.8 Å². The molecular weight excluding hydrogens is 260 g/mol. The van der Waals surface area contributed by atoms with Gasteiger partial charge in [0.2, 0.25) is 0 Å². The van der Waals surface area contributed by atoms with E-state index in [1.165, 1.54) is 0 Å². The van der Waals surface area contributed by atoms with Crippen molar-refractivity contribution < 1.29 is 23.8 Å². The summed E-state index contributed by atoms with van der Waals surface area (Å²) >= 11 is 0. The summed E-state index contributed by atoms with van der Waals surface area (Å²) in [6.07, 6.45) is 1.78. The smallest absolute Gasteiger partial charge is 0.337 e. The van der Waals surface area contributed by atoms with Gasteiger partial charge in [-0.05, 0) is 25.0 Å². The van der Waals surface area contributed by atoms with E-state index in [4.69, 9.17) is 14.2 Å². The predicted molar refractivity (Wildman–Crippen MR) is 73.5 cm³/mol. The lowest BCUT2D eigenvalue weighted by atomic mass is 10.2. The van der Waals surface area contributed by atoms with Crippen molar-refractivity contribution in [2.24, 2.45) is 0 Å². The van der Waals surface area contributed by atoms with E-state index >= 15 is 0 Å². The number of carbonyl (C=O) groups is 2. The Labute approximate surface area is 118 Å². The predicted octanol–water partition coefficient (Wildman–Crippen LogP) is 2.26. The fraction of sp³-hybridized carbons (Fsp3) is 0.467. The number of esters is 2. The van der Waals surface area contributed by atoms with Crippen LogP contribution < -0.4 is 4.74 Å². The lowest BCUT2D eigenvalue weighted by Gasteiger charge is -2.07. The van der Waals surface area contributed by atoms with Crippen LogP contribution in [-0.4, -0.2) is 31.8 Å². The summed E-state index contributed by atoms with van der Waals surface area (Å²) < 4.78 is 14.9. The fourth-order valence-corrected chi connectivity index (χ4v) is 1.41. The van der Waals surface area contributed by atoms with Crippen molar-refractivity contribution in [3.63, 3.8) is 0 Å². The highest BCUT2D eigenvalue weighted by Crippen LogP contribution is 2.16. The number of aryl methyl sites for hydroxylation is 1. The Morgan fingerprint density at radius 1 is 1.10 bits per heavy atom. The van der Waals surface area contributed by atoms with Gasteiger partial charge in [-0.1, -0.05) is 31.5 Å². The maximum absolute atomic E-state index is 11.5. The summed E-state index contributed by atoms with van der Waals surface area (Å²) in [5.41, 5.74) is 0.861.